The molecule has 9 nitrogen and oxygen atoms in total. The Morgan fingerprint density at radius 3 is 2.38 bits per heavy atom. The molecule has 1 N–H and O–H groups in total. The fourth-order valence-electron chi connectivity index (χ4n) is 4.11. The van der Waals surface area contributed by atoms with E-state index in [1.165, 1.54) is 42.5 Å². The number of nitriles is 1. The van der Waals surface area contributed by atoms with Gasteiger partial charge in [0.15, 0.2) is 5.71 Å². The molecule has 0 bridgehead atoms. The molecular weight excluding hydrogens is 603 g/mol. The van der Waals surface area contributed by atoms with E-state index in [0.717, 1.165) is 9.58 Å². The van der Waals surface area contributed by atoms with E-state index >= 15 is 0 Å². The van der Waals surface area contributed by atoms with Crippen molar-refractivity contribution in [2.24, 2.45) is 5.10 Å². The van der Waals surface area contributed by atoms with Crippen LogP contribution in [-0.4, -0.2) is 33.9 Å². The van der Waals surface area contributed by atoms with Crippen molar-refractivity contribution in [1.29, 1.82) is 5.26 Å². The predicted molar refractivity (Wildman–Crippen MR) is 162 cm³/mol. The van der Waals surface area contributed by atoms with Gasteiger partial charge in [0, 0.05) is 10.6 Å². The SMILES string of the molecule is CCOC(=O)C1=NN(c2c(Cl)cc(Cl)cc2Cl)C(=O)/C1=C\C=CC=Cc1c(C)c(C#N)c(=O)n(-c2ccccc2)c1O. The molecule has 42 heavy (non-hydrogen) atoms. The van der Waals surface area contributed by atoms with Gasteiger partial charge in [-0.2, -0.15) is 15.4 Å². The summed E-state index contributed by atoms with van der Waals surface area (Å²) in [7, 11) is 0. The summed E-state index contributed by atoms with van der Waals surface area (Å²) in [5.74, 6) is -1.85. The first-order chi connectivity index (χ1) is 20.1. The highest BCUT2D eigenvalue weighted by Gasteiger charge is 2.37. The number of ether oxygens (including phenoxy) is 1. The number of pyridine rings is 1. The van der Waals surface area contributed by atoms with Gasteiger partial charge < -0.3 is 9.84 Å². The number of benzene rings is 2. The fourth-order valence-corrected chi connectivity index (χ4v) is 5.09. The number of anilines is 1. The number of aromatic nitrogens is 1. The van der Waals surface area contributed by atoms with Crippen molar-refractivity contribution in [3.05, 3.63) is 114 Å². The highest BCUT2D eigenvalue weighted by atomic mass is 35.5. The summed E-state index contributed by atoms with van der Waals surface area (Å²) in [6.07, 6.45) is 7.40. The van der Waals surface area contributed by atoms with Gasteiger partial charge in [0.25, 0.3) is 11.5 Å². The highest BCUT2D eigenvalue weighted by molar-refractivity contribution is 6.54. The normalized spacial score (nSPS) is 14.2. The van der Waals surface area contributed by atoms with Crippen LogP contribution in [-0.2, 0) is 14.3 Å². The zero-order valence-electron chi connectivity index (χ0n) is 22.1. The molecule has 1 aliphatic heterocycles. The number of hydrogen-bond donors (Lipinski definition) is 1. The Morgan fingerprint density at radius 2 is 1.76 bits per heavy atom. The molecule has 1 aliphatic rings. The molecule has 2 heterocycles. The van der Waals surface area contributed by atoms with Gasteiger partial charge in [-0.05, 0) is 55.8 Å². The minimum absolute atomic E-state index is 0.0506. The average Bonchev–Trinajstić information content (AvgIpc) is 3.26. The Kier molecular flexibility index (Phi) is 9.33. The molecule has 0 unspecified atom stereocenters. The summed E-state index contributed by atoms with van der Waals surface area (Å²) in [6, 6.07) is 13.1. The molecule has 0 spiro atoms. The van der Waals surface area contributed by atoms with E-state index in [1.807, 2.05) is 6.07 Å². The van der Waals surface area contributed by atoms with Crippen molar-refractivity contribution in [1.82, 2.24) is 4.57 Å². The number of carbonyl (C=O) groups excluding carboxylic acids is 2. The Morgan fingerprint density at radius 1 is 1.10 bits per heavy atom. The van der Waals surface area contributed by atoms with E-state index < -0.39 is 17.4 Å². The van der Waals surface area contributed by atoms with Gasteiger partial charge in [-0.3, -0.25) is 9.59 Å². The zero-order chi connectivity index (χ0) is 30.6. The molecule has 4 rings (SSSR count). The van der Waals surface area contributed by atoms with Crippen LogP contribution in [0.5, 0.6) is 5.88 Å². The lowest BCUT2D eigenvalue weighted by Gasteiger charge is -2.15. The van der Waals surface area contributed by atoms with Crippen molar-refractivity contribution in [3.8, 4) is 17.6 Å². The van der Waals surface area contributed by atoms with Crippen molar-refractivity contribution in [2.45, 2.75) is 13.8 Å². The van der Waals surface area contributed by atoms with Crippen LogP contribution in [0.2, 0.25) is 15.1 Å². The molecule has 0 aliphatic carbocycles. The number of nitrogens with zero attached hydrogens (tertiary/aromatic N) is 4. The van der Waals surface area contributed by atoms with Gasteiger partial charge in [0.05, 0.1) is 27.9 Å². The molecule has 12 heteroatoms. The second kappa shape index (κ2) is 12.9. The van der Waals surface area contributed by atoms with Crippen LogP contribution in [0.15, 0.2) is 82.2 Å². The summed E-state index contributed by atoms with van der Waals surface area (Å²) in [6.45, 7) is 3.23. The molecule has 3 aromatic rings. The maximum absolute atomic E-state index is 13.3. The van der Waals surface area contributed by atoms with Gasteiger partial charge in [-0.1, -0.05) is 71.2 Å². The molecule has 0 fully saturated rings. The Balaban J connectivity index is 1.70. The van der Waals surface area contributed by atoms with Crippen LogP contribution < -0.4 is 10.6 Å². The number of para-hydroxylation sites is 1. The molecule has 0 radical (unpaired) electrons. The third-order valence-electron chi connectivity index (χ3n) is 6.06. The smallest absolute Gasteiger partial charge is 0.359 e. The van der Waals surface area contributed by atoms with Crippen LogP contribution in [0.4, 0.5) is 5.69 Å². The minimum atomic E-state index is -0.822. The van der Waals surface area contributed by atoms with Gasteiger partial charge in [0.1, 0.15) is 17.3 Å². The topological polar surface area (TPSA) is 125 Å². The number of aromatic hydroxyl groups is 1. The first kappa shape index (κ1) is 30.3. The summed E-state index contributed by atoms with van der Waals surface area (Å²) in [4.78, 5) is 38.8. The summed E-state index contributed by atoms with van der Waals surface area (Å²) in [5.41, 5.74) is -0.109. The summed E-state index contributed by atoms with van der Waals surface area (Å²) in [5, 5.41) is 25.9. The van der Waals surface area contributed by atoms with E-state index in [9.17, 15) is 24.8 Å². The number of rotatable bonds is 7. The molecular formula is C30H21Cl3N4O5. The molecule has 2 aromatic carbocycles. The molecule has 212 valence electrons. The summed E-state index contributed by atoms with van der Waals surface area (Å²) < 4.78 is 6.12. The molecule has 0 atom stereocenters. The first-order valence-electron chi connectivity index (χ1n) is 12.3. The van der Waals surface area contributed by atoms with Gasteiger partial charge in [-0.25, -0.2) is 9.36 Å². The fraction of sp³-hybridized carbons (Fsp3) is 0.100. The zero-order valence-corrected chi connectivity index (χ0v) is 24.4. The minimum Gasteiger partial charge on any atom is -0.494 e. The third kappa shape index (κ3) is 5.87. The van der Waals surface area contributed by atoms with Gasteiger partial charge in [0.2, 0.25) is 5.88 Å². The van der Waals surface area contributed by atoms with Crippen LogP contribution in [0.25, 0.3) is 11.8 Å². The monoisotopic (exact) mass is 622 g/mol. The predicted octanol–water partition coefficient (Wildman–Crippen LogP) is 6.15. The van der Waals surface area contributed by atoms with E-state index in [4.69, 9.17) is 39.5 Å². The number of carbonyl (C=O) groups is 2. The number of amides is 1. The number of allylic oxidation sites excluding steroid dienone is 4. The highest BCUT2D eigenvalue weighted by Crippen LogP contribution is 2.39. The molecule has 1 aromatic heterocycles. The number of halogens is 3. The Hall–Kier alpha value is -4.62. The third-order valence-corrected chi connectivity index (χ3v) is 6.86. The van der Waals surface area contributed by atoms with Crippen molar-refractivity contribution in [2.75, 3.05) is 11.6 Å². The standard InChI is InChI=1S/C30H21Cl3N4O5/c1-3-42-30(41)25-21(29(40)37(35-25)26-23(32)14-18(31)15-24(26)33)13-9-5-8-12-20-17(2)22(16-34)28(39)36(27(20)38)19-10-6-4-7-11-19/h4-15,38H,3H2,1-2H3/b9-5?,12-8?,21-13-. The number of hydrogen-bond acceptors (Lipinski definition) is 7. The molecule has 1 amide bonds. The lowest BCUT2D eigenvalue weighted by Crippen LogP contribution is -2.23. The Labute approximate surface area is 255 Å². The van der Waals surface area contributed by atoms with Crippen molar-refractivity contribution < 1.29 is 19.4 Å². The Bertz CT molecular complexity index is 1800. The number of hydrazone groups is 1. The quantitative estimate of drug-likeness (QED) is 0.191. The number of esters is 1. The van der Waals surface area contributed by atoms with Crippen LogP contribution >= 0.6 is 34.8 Å². The molecule has 0 saturated carbocycles. The average molecular weight is 624 g/mol. The molecule has 0 saturated heterocycles. The lowest BCUT2D eigenvalue weighted by molar-refractivity contribution is -0.135. The van der Waals surface area contributed by atoms with E-state index in [-0.39, 0.29) is 55.7 Å². The van der Waals surface area contributed by atoms with Crippen LogP contribution in [0.1, 0.15) is 23.6 Å². The van der Waals surface area contributed by atoms with E-state index in [2.05, 4.69) is 5.10 Å². The van der Waals surface area contributed by atoms with E-state index in [0.29, 0.717) is 11.3 Å². The van der Waals surface area contributed by atoms with E-state index in [1.54, 1.807) is 44.2 Å². The van der Waals surface area contributed by atoms with Crippen LogP contribution in [0, 0.1) is 18.3 Å². The maximum atomic E-state index is 13.3. The van der Waals surface area contributed by atoms with Crippen LogP contribution in [0.3, 0.4) is 0 Å². The van der Waals surface area contributed by atoms with Crippen molar-refractivity contribution in [3.63, 3.8) is 0 Å². The first-order valence-corrected chi connectivity index (χ1v) is 13.5. The van der Waals surface area contributed by atoms with Gasteiger partial charge >= 0.3 is 5.97 Å². The summed E-state index contributed by atoms with van der Waals surface area (Å²) >= 11 is 18.5. The second-order valence-electron chi connectivity index (χ2n) is 8.65. The second-order valence-corrected chi connectivity index (χ2v) is 9.90. The van der Waals surface area contributed by atoms with Gasteiger partial charge in [-0.15, -0.1) is 0 Å². The lowest BCUT2D eigenvalue weighted by atomic mass is 10.0. The van der Waals surface area contributed by atoms with Crippen molar-refractivity contribution >= 4 is 64.2 Å². The maximum Gasteiger partial charge on any atom is 0.359 e. The largest absolute Gasteiger partial charge is 0.494 e.